The maximum absolute atomic E-state index is 11.8. The second kappa shape index (κ2) is 5.63. The zero-order chi connectivity index (χ0) is 17.7. The van der Waals surface area contributed by atoms with Gasteiger partial charge in [0.1, 0.15) is 0 Å². The van der Waals surface area contributed by atoms with Crippen LogP contribution in [0.2, 0.25) is 0 Å². The van der Waals surface area contributed by atoms with Gasteiger partial charge in [0, 0.05) is 36.4 Å². The van der Waals surface area contributed by atoms with Crippen LogP contribution in [0.5, 0.6) is 0 Å². The average Bonchev–Trinajstić information content (AvgIpc) is 3.28. The molecule has 5 rings (SSSR count). The molecule has 0 saturated heterocycles. The predicted octanol–water partition coefficient (Wildman–Crippen LogP) is 3.12. The minimum atomic E-state index is 0.118. The lowest BCUT2D eigenvalue weighted by Gasteiger charge is -2.10. The molecule has 0 aliphatic carbocycles. The van der Waals surface area contributed by atoms with Crippen molar-refractivity contribution in [3.8, 4) is 11.3 Å². The Morgan fingerprint density at radius 3 is 3.00 bits per heavy atom. The van der Waals surface area contributed by atoms with Crippen LogP contribution >= 0.6 is 11.3 Å². The fraction of sp³-hybridized carbons (Fsp3) is 0.111. The van der Waals surface area contributed by atoms with E-state index < -0.39 is 0 Å². The van der Waals surface area contributed by atoms with E-state index in [4.69, 9.17) is 0 Å². The van der Waals surface area contributed by atoms with E-state index in [9.17, 15) is 4.79 Å². The Labute approximate surface area is 152 Å². The Balaban J connectivity index is 1.41. The van der Waals surface area contributed by atoms with Crippen LogP contribution in [-0.4, -0.2) is 32.5 Å². The normalized spacial score (nSPS) is 13.4. The van der Waals surface area contributed by atoms with Gasteiger partial charge in [-0.3, -0.25) is 9.78 Å². The summed E-state index contributed by atoms with van der Waals surface area (Å²) in [6.45, 7) is 0. The van der Waals surface area contributed by atoms with Gasteiger partial charge in [-0.1, -0.05) is 11.3 Å². The molecule has 1 aromatic carbocycles. The smallest absolute Gasteiger partial charge is 0.231 e. The molecule has 0 spiro atoms. The van der Waals surface area contributed by atoms with Gasteiger partial charge in [-0.15, -0.1) is 5.10 Å². The zero-order valence-corrected chi connectivity index (χ0v) is 14.7. The number of carbonyl (C=O) groups excluding carboxylic acids is 1. The number of nitrogens with zero attached hydrogens (tertiary/aromatic N) is 5. The summed E-state index contributed by atoms with van der Waals surface area (Å²) in [4.78, 5) is 23.0. The number of hydrogen-bond donors (Lipinski definition) is 1. The largest absolute Gasteiger partial charge is 0.330 e. The lowest BCUT2D eigenvalue weighted by Crippen LogP contribution is -2.20. The first-order chi connectivity index (χ1) is 12.7. The van der Waals surface area contributed by atoms with E-state index in [0.29, 0.717) is 6.42 Å². The molecule has 128 valence electrons. The number of fused-ring (bicyclic) bond motifs is 2. The van der Waals surface area contributed by atoms with Crippen LogP contribution in [0, 0.1) is 0 Å². The minimum absolute atomic E-state index is 0.118. The number of likely N-dealkylation sites (N-methyl/N-ethyl adjacent to an activating group) is 1. The molecule has 7 nitrogen and oxygen atoms in total. The predicted molar refractivity (Wildman–Crippen MR) is 101 cm³/mol. The van der Waals surface area contributed by atoms with Gasteiger partial charge in [-0.25, -0.2) is 9.50 Å². The molecule has 3 aromatic heterocycles. The highest BCUT2D eigenvalue weighted by atomic mass is 32.1. The Hall–Kier alpha value is -3.26. The maximum atomic E-state index is 11.8. The highest BCUT2D eigenvalue weighted by Gasteiger charge is 2.24. The molecule has 0 saturated carbocycles. The van der Waals surface area contributed by atoms with Crippen molar-refractivity contribution in [1.29, 1.82) is 0 Å². The first-order valence-electron chi connectivity index (χ1n) is 8.10. The van der Waals surface area contributed by atoms with E-state index in [0.717, 1.165) is 38.3 Å². The average molecular weight is 362 g/mol. The van der Waals surface area contributed by atoms with E-state index in [1.807, 2.05) is 36.5 Å². The summed E-state index contributed by atoms with van der Waals surface area (Å²) in [7, 11) is 1.80. The number of amides is 1. The Morgan fingerprint density at radius 1 is 1.27 bits per heavy atom. The Kier molecular flexibility index (Phi) is 3.26. The summed E-state index contributed by atoms with van der Waals surface area (Å²) in [5.74, 6) is 0.118. The van der Waals surface area contributed by atoms with E-state index in [1.165, 1.54) is 11.3 Å². The molecule has 4 aromatic rings. The van der Waals surface area contributed by atoms with Gasteiger partial charge in [0.25, 0.3) is 0 Å². The van der Waals surface area contributed by atoms with Crippen LogP contribution < -0.4 is 10.2 Å². The molecule has 1 aliphatic rings. The van der Waals surface area contributed by atoms with Gasteiger partial charge in [0.2, 0.25) is 16.0 Å². The molecule has 8 heteroatoms. The summed E-state index contributed by atoms with van der Waals surface area (Å²) in [6, 6.07) is 9.78. The molecule has 1 amide bonds. The zero-order valence-electron chi connectivity index (χ0n) is 13.9. The number of hydrogen-bond acceptors (Lipinski definition) is 6. The second-order valence-electron chi connectivity index (χ2n) is 6.10. The molecule has 0 radical (unpaired) electrons. The fourth-order valence-electron chi connectivity index (χ4n) is 3.08. The number of aromatic nitrogens is 4. The van der Waals surface area contributed by atoms with Crippen molar-refractivity contribution in [2.45, 2.75) is 6.42 Å². The molecular weight excluding hydrogens is 348 g/mol. The molecular formula is C18H14N6OS. The van der Waals surface area contributed by atoms with Crippen LogP contribution in [0.1, 0.15) is 5.56 Å². The lowest BCUT2D eigenvalue weighted by molar-refractivity contribution is -0.117. The second-order valence-corrected chi connectivity index (χ2v) is 7.06. The molecule has 1 aliphatic heterocycles. The molecule has 4 heterocycles. The molecule has 0 bridgehead atoms. The number of nitrogens with one attached hydrogen (secondary N) is 1. The first kappa shape index (κ1) is 15.0. The van der Waals surface area contributed by atoms with E-state index >= 15 is 0 Å². The molecule has 1 N–H and O–H groups in total. The van der Waals surface area contributed by atoms with Crippen LogP contribution in [0.25, 0.3) is 16.2 Å². The van der Waals surface area contributed by atoms with Crippen LogP contribution in [0.15, 0.2) is 48.9 Å². The standard InChI is InChI=1S/C18H14N6OS/c1-23-15-5-4-13(7-12(15)8-16(23)25)20-17-22-24-10-14(21-18(24)26-17)11-3-2-6-19-9-11/h2-7,9-10H,8H2,1H3,(H,20,22). The van der Waals surface area contributed by atoms with Gasteiger partial charge in [0.15, 0.2) is 0 Å². The topological polar surface area (TPSA) is 75.4 Å². The highest BCUT2D eigenvalue weighted by Crippen LogP contribution is 2.32. The Bertz CT molecular complexity index is 1100. The third-order valence-corrected chi connectivity index (χ3v) is 5.25. The quantitative estimate of drug-likeness (QED) is 0.606. The third kappa shape index (κ3) is 2.42. The summed E-state index contributed by atoms with van der Waals surface area (Å²) in [6.07, 6.45) is 5.86. The summed E-state index contributed by atoms with van der Waals surface area (Å²) in [5.41, 5.74) is 4.73. The molecule has 0 fully saturated rings. The van der Waals surface area contributed by atoms with Gasteiger partial charge in [0.05, 0.1) is 18.3 Å². The number of pyridine rings is 1. The molecule has 26 heavy (non-hydrogen) atoms. The monoisotopic (exact) mass is 362 g/mol. The summed E-state index contributed by atoms with van der Waals surface area (Å²) < 4.78 is 1.76. The SMILES string of the molecule is CN1C(=O)Cc2cc(Nc3nn4cc(-c5cccnc5)nc4s3)ccc21. The van der Waals surface area contributed by atoms with E-state index in [-0.39, 0.29) is 5.91 Å². The van der Waals surface area contributed by atoms with Crippen LogP contribution in [0.4, 0.5) is 16.5 Å². The van der Waals surface area contributed by atoms with Crippen molar-refractivity contribution >= 4 is 38.7 Å². The summed E-state index contributed by atoms with van der Waals surface area (Å²) in [5, 5.41) is 8.60. The van der Waals surface area contributed by atoms with Gasteiger partial charge < -0.3 is 10.2 Å². The fourth-order valence-corrected chi connectivity index (χ4v) is 3.88. The van der Waals surface area contributed by atoms with Crippen molar-refractivity contribution in [3.05, 3.63) is 54.5 Å². The minimum Gasteiger partial charge on any atom is -0.330 e. The maximum Gasteiger partial charge on any atom is 0.231 e. The van der Waals surface area contributed by atoms with Crippen molar-refractivity contribution in [2.24, 2.45) is 0 Å². The van der Waals surface area contributed by atoms with Crippen LogP contribution in [0.3, 0.4) is 0 Å². The number of anilines is 3. The van der Waals surface area contributed by atoms with Crippen molar-refractivity contribution in [1.82, 2.24) is 19.6 Å². The number of imidazole rings is 1. The van der Waals surface area contributed by atoms with Gasteiger partial charge in [-0.2, -0.15) is 0 Å². The lowest BCUT2D eigenvalue weighted by atomic mass is 10.1. The molecule has 0 atom stereocenters. The summed E-state index contributed by atoms with van der Waals surface area (Å²) >= 11 is 1.47. The third-order valence-electron chi connectivity index (χ3n) is 4.41. The van der Waals surface area contributed by atoms with E-state index in [1.54, 1.807) is 28.9 Å². The van der Waals surface area contributed by atoms with Gasteiger partial charge in [-0.05, 0) is 35.9 Å². The van der Waals surface area contributed by atoms with E-state index in [2.05, 4.69) is 20.4 Å². The number of carbonyl (C=O) groups is 1. The van der Waals surface area contributed by atoms with Crippen LogP contribution in [-0.2, 0) is 11.2 Å². The first-order valence-corrected chi connectivity index (χ1v) is 8.92. The van der Waals surface area contributed by atoms with Gasteiger partial charge >= 0.3 is 0 Å². The number of rotatable bonds is 3. The number of benzene rings is 1. The molecule has 0 unspecified atom stereocenters. The highest BCUT2D eigenvalue weighted by molar-refractivity contribution is 7.20. The van der Waals surface area contributed by atoms with Crippen molar-refractivity contribution in [3.63, 3.8) is 0 Å². The Morgan fingerprint density at radius 2 is 2.19 bits per heavy atom. The van der Waals surface area contributed by atoms with Crippen molar-refractivity contribution < 1.29 is 4.79 Å². The van der Waals surface area contributed by atoms with Crippen molar-refractivity contribution in [2.75, 3.05) is 17.3 Å².